The molecule has 0 radical (unpaired) electrons. The minimum Gasteiger partial charge on any atom is -0.364 e. The molecule has 0 saturated heterocycles. The first-order valence-electron chi connectivity index (χ1n) is 7.42. The van der Waals surface area contributed by atoms with Crippen molar-refractivity contribution in [1.82, 2.24) is 15.3 Å². The van der Waals surface area contributed by atoms with Crippen molar-refractivity contribution in [2.45, 2.75) is 20.3 Å². The smallest absolute Gasteiger partial charge is 0.272 e. The first-order valence-corrected chi connectivity index (χ1v) is 7.80. The number of carbonyl (C=O) groups excluding carboxylic acids is 2. The summed E-state index contributed by atoms with van der Waals surface area (Å²) in [5.41, 5.74) is 5.88. The summed E-state index contributed by atoms with van der Waals surface area (Å²) in [6.45, 7) is 4.45. The second kappa shape index (κ2) is 7.40. The molecule has 2 amide bonds. The molecule has 24 heavy (non-hydrogen) atoms. The molecule has 0 bridgehead atoms. The molecule has 0 unspecified atom stereocenters. The Morgan fingerprint density at radius 2 is 1.88 bits per heavy atom. The highest BCUT2D eigenvalue weighted by molar-refractivity contribution is 6.30. The van der Waals surface area contributed by atoms with E-state index in [9.17, 15) is 9.59 Å². The van der Waals surface area contributed by atoms with Crippen LogP contribution in [-0.4, -0.2) is 28.3 Å². The molecule has 0 atom stereocenters. The molecule has 0 aliphatic heterocycles. The van der Waals surface area contributed by atoms with Crippen LogP contribution in [0.15, 0.2) is 36.7 Å². The summed E-state index contributed by atoms with van der Waals surface area (Å²) in [5.74, 6) is -1.26. The third-order valence-electron chi connectivity index (χ3n) is 3.45. The van der Waals surface area contributed by atoms with Crippen LogP contribution in [0.5, 0.6) is 0 Å². The van der Waals surface area contributed by atoms with E-state index in [4.69, 9.17) is 17.3 Å². The number of amides is 2. The fraction of sp³-hybridized carbons (Fsp3) is 0.294. The van der Waals surface area contributed by atoms with Gasteiger partial charge in [0.05, 0.1) is 0 Å². The van der Waals surface area contributed by atoms with Crippen LogP contribution >= 0.6 is 11.6 Å². The maximum Gasteiger partial charge on any atom is 0.272 e. The van der Waals surface area contributed by atoms with E-state index in [2.05, 4.69) is 15.3 Å². The second-order valence-electron chi connectivity index (χ2n) is 6.27. The molecule has 2 rings (SSSR count). The van der Waals surface area contributed by atoms with Crippen molar-refractivity contribution in [3.63, 3.8) is 0 Å². The lowest BCUT2D eigenvalue weighted by molar-refractivity contribution is 0.0914. The van der Waals surface area contributed by atoms with E-state index in [1.807, 2.05) is 38.1 Å². The Morgan fingerprint density at radius 1 is 1.21 bits per heavy atom. The van der Waals surface area contributed by atoms with Gasteiger partial charge in [0.15, 0.2) is 11.4 Å². The molecule has 0 fully saturated rings. The number of nitrogens with zero attached hydrogens (tertiary/aromatic N) is 2. The van der Waals surface area contributed by atoms with Crippen molar-refractivity contribution in [3.05, 3.63) is 58.6 Å². The van der Waals surface area contributed by atoms with Crippen molar-refractivity contribution >= 4 is 23.4 Å². The Morgan fingerprint density at radius 3 is 2.50 bits per heavy atom. The van der Waals surface area contributed by atoms with Gasteiger partial charge < -0.3 is 11.1 Å². The largest absolute Gasteiger partial charge is 0.364 e. The van der Waals surface area contributed by atoms with Crippen LogP contribution in [0.25, 0.3) is 0 Å². The van der Waals surface area contributed by atoms with Gasteiger partial charge in [-0.2, -0.15) is 0 Å². The van der Waals surface area contributed by atoms with E-state index in [0.717, 1.165) is 12.0 Å². The number of hydrogen-bond acceptors (Lipinski definition) is 4. The summed E-state index contributed by atoms with van der Waals surface area (Å²) < 4.78 is 0. The highest BCUT2D eigenvalue weighted by Crippen LogP contribution is 2.23. The minimum absolute atomic E-state index is 0.0662. The number of nitrogens with two attached hydrogens (primary N) is 1. The van der Waals surface area contributed by atoms with Crippen LogP contribution in [0.2, 0.25) is 5.02 Å². The molecule has 7 heteroatoms. The zero-order valence-corrected chi connectivity index (χ0v) is 14.3. The highest BCUT2D eigenvalue weighted by atomic mass is 35.5. The summed E-state index contributed by atoms with van der Waals surface area (Å²) in [4.78, 5) is 31.3. The molecule has 1 aromatic carbocycles. The van der Waals surface area contributed by atoms with Gasteiger partial charge in [-0.3, -0.25) is 9.59 Å². The lowest BCUT2D eigenvalue weighted by Crippen LogP contribution is -2.37. The predicted octanol–water partition coefficient (Wildman–Crippen LogP) is 2.23. The van der Waals surface area contributed by atoms with Crippen LogP contribution in [0, 0.1) is 5.41 Å². The van der Waals surface area contributed by atoms with Gasteiger partial charge in [0, 0.05) is 24.0 Å². The van der Waals surface area contributed by atoms with E-state index >= 15 is 0 Å². The number of carbonyl (C=O) groups is 2. The van der Waals surface area contributed by atoms with Crippen molar-refractivity contribution in [1.29, 1.82) is 0 Å². The van der Waals surface area contributed by atoms with Gasteiger partial charge >= 0.3 is 0 Å². The Hall–Kier alpha value is -2.47. The van der Waals surface area contributed by atoms with Crippen LogP contribution in [-0.2, 0) is 6.42 Å². The number of primary amides is 1. The predicted molar refractivity (Wildman–Crippen MR) is 91.8 cm³/mol. The van der Waals surface area contributed by atoms with Crippen molar-refractivity contribution in [3.8, 4) is 0 Å². The van der Waals surface area contributed by atoms with Crippen molar-refractivity contribution < 1.29 is 9.59 Å². The van der Waals surface area contributed by atoms with Crippen LogP contribution in [0.3, 0.4) is 0 Å². The van der Waals surface area contributed by atoms with Gasteiger partial charge in [-0.05, 0) is 29.5 Å². The summed E-state index contributed by atoms with van der Waals surface area (Å²) in [6.07, 6.45) is 3.40. The van der Waals surface area contributed by atoms with Gasteiger partial charge in [0.2, 0.25) is 0 Å². The van der Waals surface area contributed by atoms with Gasteiger partial charge in [-0.25, -0.2) is 9.97 Å². The summed E-state index contributed by atoms with van der Waals surface area (Å²) in [5, 5.41) is 3.47. The molecule has 0 spiro atoms. The molecule has 0 saturated carbocycles. The van der Waals surface area contributed by atoms with Gasteiger partial charge in [0.25, 0.3) is 11.8 Å². The summed E-state index contributed by atoms with van der Waals surface area (Å²) in [7, 11) is 0. The van der Waals surface area contributed by atoms with Crippen LogP contribution < -0.4 is 11.1 Å². The fourth-order valence-corrected chi connectivity index (χ4v) is 2.56. The van der Waals surface area contributed by atoms with Crippen molar-refractivity contribution in [2.24, 2.45) is 11.1 Å². The first-order chi connectivity index (χ1) is 11.3. The van der Waals surface area contributed by atoms with Gasteiger partial charge in [-0.15, -0.1) is 0 Å². The SMILES string of the molecule is CC(C)(CNC(=O)c1nccnc1C(N)=O)Cc1cccc(Cl)c1. The normalized spacial score (nSPS) is 11.1. The minimum atomic E-state index is -0.786. The van der Waals surface area contributed by atoms with Gasteiger partial charge in [-0.1, -0.05) is 37.6 Å². The Bertz CT molecular complexity index is 762. The average Bonchev–Trinajstić information content (AvgIpc) is 2.52. The van der Waals surface area contributed by atoms with E-state index < -0.39 is 11.8 Å². The maximum absolute atomic E-state index is 12.3. The number of halogens is 1. The van der Waals surface area contributed by atoms with Crippen molar-refractivity contribution in [2.75, 3.05) is 6.54 Å². The quantitative estimate of drug-likeness (QED) is 0.837. The fourth-order valence-electron chi connectivity index (χ4n) is 2.35. The van der Waals surface area contributed by atoms with Crippen LogP contribution in [0.4, 0.5) is 0 Å². The zero-order valence-electron chi connectivity index (χ0n) is 13.5. The Kier molecular flexibility index (Phi) is 5.51. The number of hydrogen-bond donors (Lipinski definition) is 2. The number of aromatic nitrogens is 2. The molecule has 2 aromatic rings. The van der Waals surface area contributed by atoms with Gasteiger partial charge in [0.1, 0.15) is 0 Å². The molecule has 0 aliphatic rings. The first kappa shape index (κ1) is 17.9. The molecule has 1 aromatic heterocycles. The molecule has 6 nitrogen and oxygen atoms in total. The Balaban J connectivity index is 2.04. The zero-order chi connectivity index (χ0) is 17.7. The highest BCUT2D eigenvalue weighted by Gasteiger charge is 2.23. The lowest BCUT2D eigenvalue weighted by Gasteiger charge is -2.25. The lowest BCUT2D eigenvalue weighted by atomic mass is 9.85. The molecule has 1 heterocycles. The third-order valence-corrected chi connectivity index (χ3v) is 3.68. The van der Waals surface area contributed by atoms with Crippen LogP contribution in [0.1, 0.15) is 40.4 Å². The monoisotopic (exact) mass is 346 g/mol. The van der Waals surface area contributed by atoms with E-state index in [1.54, 1.807) is 0 Å². The number of benzene rings is 1. The average molecular weight is 347 g/mol. The third kappa shape index (κ3) is 4.76. The van der Waals surface area contributed by atoms with E-state index in [0.29, 0.717) is 11.6 Å². The topological polar surface area (TPSA) is 98.0 Å². The molecular formula is C17H19ClN4O2. The van der Waals surface area contributed by atoms with E-state index in [1.165, 1.54) is 12.4 Å². The Labute approximate surface area is 145 Å². The standard InChI is InChI=1S/C17H19ClN4O2/c1-17(2,9-11-4-3-5-12(18)8-11)10-22-16(24)14-13(15(19)23)20-6-7-21-14/h3-8H,9-10H2,1-2H3,(H2,19,23)(H,22,24). The molecule has 3 N–H and O–H groups in total. The summed E-state index contributed by atoms with van der Waals surface area (Å²) >= 11 is 6.00. The molecule has 126 valence electrons. The number of nitrogens with one attached hydrogen (secondary N) is 1. The maximum atomic E-state index is 12.3. The number of rotatable bonds is 6. The molecular weight excluding hydrogens is 328 g/mol. The van der Waals surface area contributed by atoms with E-state index in [-0.39, 0.29) is 16.8 Å². The molecule has 0 aliphatic carbocycles. The second-order valence-corrected chi connectivity index (χ2v) is 6.71. The summed E-state index contributed by atoms with van der Waals surface area (Å²) in [6, 6.07) is 7.60.